The smallest absolute Gasteiger partial charge is 0.192 e. The molecule has 0 bridgehead atoms. The molecule has 0 aliphatic carbocycles. The molecule has 0 saturated carbocycles. The molecule has 0 saturated heterocycles. The molecule has 2 aromatic rings. The number of aliphatic imine (C=N–C) groups is 1. The van der Waals surface area contributed by atoms with Crippen LogP contribution in [-0.4, -0.2) is 23.9 Å². The third-order valence-corrected chi connectivity index (χ3v) is 4.22. The highest BCUT2D eigenvalue weighted by atomic mass is 35.5. The molecule has 0 amide bonds. The van der Waals surface area contributed by atoms with E-state index < -0.39 is 0 Å². The number of benzene rings is 2. The van der Waals surface area contributed by atoms with E-state index >= 15 is 0 Å². The molecule has 122 valence electrons. The van der Waals surface area contributed by atoms with E-state index in [4.69, 9.17) is 33.9 Å². The summed E-state index contributed by atoms with van der Waals surface area (Å²) in [5, 5.41) is 1.40. The third kappa shape index (κ3) is 4.63. The van der Waals surface area contributed by atoms with Crippen LogP contribution in [0.1, 0.15) is 31.0 Å². The van der Waals surface area contributed by atoms with E-state index in [1.54, 1.807) is 0 Å². The molecule has 0 atom stereocenters. The Morgan fingerprint density at radius 2 is 1.30 bits per heavy atom. The fourth-order valence-electron chi connectivity index (χ4n) is 2.39. The Labute approximate surface area is 147 Å². The number of halogens is 2. The van der Waals surface area contributed by atoms with E-state index in [9.17, 15) is 0 Å². The SMILES string of the molecule is CCN(CC)C(N)=NC(c1ccc(Cl)cc1)c1ccc(Cl)cc1. The highest BCUT2D eigenvalue weighted by Crippen LogP contribution is 2.28. The van der Waals surface area contributed by atoms with Gasteiger partial charge in [0.25, 0.3) is 0 Å². The summed E-state index contributed by atoms with van der Waals surface area (Å²) in [5.41, 5.74) is 8.27. The fourth-order valence-corrected chi connectivity index (χ4v) is 2.65. The minimum Gasteiger partial charge on any atom is -0.370 e. The summed E-state index contributed by atoms with van der Waals surface area (Å²) in [5.74, 6) is 0.532. The zero-order chi connectivity index (χ0) is 16.8. The second kappa shape index (κ2) is 8.23. The predicted octanol–water partition coefficient (Wildman–Crippen LogP) is 4.74. The normalized spacial score (nSPS) is 11.8. The quantitative estimate of drug-likeness (QED) is 0.625. The summed E-state index contributed by atoms with van der Waals surface area (Å²) in [7, 11) is 0. The van der Waals surface area contributed by atoms with Gasteiger partial charge in [0.05, 0.1) is 0 Å². The van der Waals surface area contributed by atoms with Gasteiger partial charge in [-0.2, -0.15) is 0 Å². The van der Waals surface area contributed by atoms with Crippen LogP contribution in [0.2, 0.25) is 10.0 Å². The van der Waals surface area contributed by atoms with E-state index in [-0.39, 0.29) is 6.04 Å². The Morgan fingerprint density at radius 3 is 1.65 bits per heavy atom. The van der Waals surface area contributed by atoms with Crippen molar-refractivity contribution in [2.75, 3.05) is 13.1 Å². The number of hydrogen-bond acceptors (Lipinski definition) is 1. The molecule has 2 rings (SSSR count). The Bertz CT molecular complexity index is 601. The van der Waals surface area contributed by atoms with Crippen LogP contribution in [0.5, 0.6) is 0 Å². The van der Waals surface area contributed by atoms with Crippen molar-refractivity contribution in [3.63, 3.8) is 0 Å². The summed E-state index contributed by atoms with van der Waals surface area (Å²) in [6.45, 7) is 5.76. The maximum absolute atomic E-state index is 6.20. The van der Waals surface area contributed by atoms with Crippen molar-refractivity contribution < 1.29 is 0 Å². The average molecular weight is 350 g/mol. The standard InChI is InChI=1S/C18H21Cl2N3/c1-3-23(4-2)18(21)22-17(13-5-9-15(19)10-6-13)14-7-11-16(20)12-8-14/h5-12,17H,3-4H2,1-2H3,(H2,21,22). The molecule has 0 radical (unpaired) electrons. The maximum atomic E-state index is 6.20. The van der Waals surface area contributed by atoms with Crippen LogP contribution in [0.3, 0.4) is 0 Å². The van der Waals surface area contributed by atoms with Crippen molar-refractivity contribution in [1.82, 2.24) is 4.90 Å². The first-order valence-electron chi connectivity index (χ1n) is 7.64. The van der Waals surface area contributed by atoms with Gasteiger partial charge in [0, 0.05) is 23.1 Å². The van der Waals surface area contributed by atoms with Crippen molar-refractivity contribution in [3.8, 4) is 0 Å². The van der Waals surface area contributed by atoms with Gasteiger partial charge >= 0.3 is 0 Å². The highest BCUT2D eigenvalue weighted by molar-refractivity contribution is 6.30. The van der Waals surface area contributed by atoms with Gasteiger partial charge < -0.3 is 10.6 Å². The zero-order valence-corrected chi connectivity index (χ0v) is 14.8. The predicted molar refractivity (Wildman–Crippen MR) is 99.3 cm³/mol. The molecule has 0 aliphatic rings. The van der Waals surface area contributed by atoms with Gasteiger partial charge in [-0.15, -0.1) is 0 Å². The molecular weight excluding hydrogens is 329 g/mol. The highest BCUT2D eigenvalue weighted by Gasteiger charge is 2.15. The van der Waals surface area contributed by atoms with Crippen LogP contribution in [0.25, 0.3) is 0 Å². The minimum atomic E-state index is -0.190. The van der Waals surface area contributed by atoms with Crippen LogP contribution < -0.4 is 5.73 Å². The fraction of sp³-hybridized carbons (Fsp3) is 0.278. The number of hydrogen-bond donors (Lipinski definition) is 1. The molecule has 5 heteroatoms. The van der Waals surface area contributed by atoms with Crippen LogP contribution in [0, 0.1) is 0 Å². The Balaban J connectivity index is 2.44. The van der Waals surface area contributed by atoms with Crippen molar-refractivity contribution in [2.45, 2.75) is 19.9 Å². The van der Waals surface area contributed by atoms with Crippen molar-refractivity contribution in [2.24, 2.45) is 10.7 Å². The lowest BCUT2D eigenvalue weighted by molar-refractivity contribution is 0.456. The molecule has 0 aromatic heterocycles. The summed E-state index contributed by atoms with van der Waals surface area (Å²) in [4.78, 5) is 6.78. The van der Waals surface area contributed by atoms with E-state index in [1.807, 2.05) is 53.4 Å². The van der Waals surface area contributed by atoms with Crippen LogP contribution in [0.15, 0.2) is 53.5 Å². The molecule has 3 nitrogen and oxygen atoms in total. The van der Waals surface area contributed by atoms with Crippen LogP contribution >= 0.6 is 23.2 Å². The molecule has 2 N–H and O–H groups in total. The lowest BCUT2D eigenvalue weighted by atomic mass is 9.99. The number of guanidine groups is 1. The van der Waals surface area contributed by atoms with Gasteiger partial charge in [0.15, 0.2) is 5.96 Å². The van der Waals surface area contributed by atoms with E-state index in [0.717, 1.165) is 24.2 Å². The van der Waals surface area contributed by atoms with Gasteiger partial charge in [-0.05, 0) is 49.2 Å². The molecular formula is C18H21Cl2N3. The molecule has 0 unspecified atom stereocenters. The first kappa shape index (κ1) is 17.6. The first-order chi connectivity index (χ1) is 11.0. The molecule has 0 spiro atoms. The molecule has 0 aliphatic heterocycles. The lowest BCUT2D eigenvalue weighted by Gasteiger charge is -2.22. The Morgan fingerprint density at radius 1 is 0.913 bits per heavy atom. The molecule has 23 heavy (non-hydrogen) atoms. The summed E-state index contributed by atoms with van der Waals surface area (Å²) in [6, 6.07) is 15.2. The molecule has 0 fully saturated rings. The van der Waals surface area contributed by atoms with Gasteiger partial charge in [-0.3, -0.25) is 0 Å². The van der Waals surface area contributed by atoms with E-state index in [1.165, 1.54) is 0 Å². The Kier molecular flexibility index (Phi) is 6.31. The van der Waals surface area contributed by atoms with Gasteiger partial charge in [0.1, 0.15) is 6.04 Å². The summed E-state index contributed by atoms with van der Waals surface area (Å²) < 4.78 is 0. The largest absolute Gasteiger partial charge is 0.370 e. The zero-order valence-electron chi connectivity index (χ0n) is 13.3. The maximum Gasteiger partial charge on any atom is 0.192 e. The number of nitrogens with zero attached hydrogens (tertiary/aromatic N) is 2. The van der Waals surface area contributed by atoms with Crippen molar-refractivity contribution >= 4 is 29.2 Å². The number of nitrogens with two attached hydrogens (primary N) is 1. The third-order valence-electron chi connectivity index (χ3n) is 3.72. The van der Waals surface area contributed by atoms with Crippen molar-refractivity contribution in [1.29, 1.82) is 0 Å². The lowest BCUT2D eigenvalue weighted by Crippen LogP contribution is -2.37. The number of rotatable bonds is 5. The van der Waals surface area contributed by atoms with Crippen LogP contribution in [0.4, 0.5) is 0 Å². The average Bonchev–Trinajstić information content (AvgIpc) is 2.56. The summed E-state index contributed by atoms with van der Waals surface area (Å²) in [6.07, 6.45) is 0. The second-order valence-corrected chi connectivity index (χ2v) is 6.04. The second-order valence-electron chi connectivity index (χ2n) is 5.17. The van der Waals surface area contributed by atoms with Gasteiger partial charge in [-0.25, -0.2) is 4.99 Å². The Hall–Kier alpha value is -1.71. The van der Waals surface area contributed by atoms with Crippen molar-refractivity contribution in [3.05, 3.63) is 69.7 Å². The monoisotopic (exact) mass is 349 g/mol. The first-order valence-corrected chi connectivity index (χ1v) is 8.39. The van der Waals surface area contributed by atoms with E-state index in [2.05, 4.69) is 13.8 Å². The molecule has 2 aromatic carbocycles. The molecule has 0 heterocycles. The van der Waals surface area contributed by atoms with Crippen LogP contribution in [-0.2, 0) is 0 Å². The van der Waals surface area contributed by atoms with Gasteiger partial charge in [-0.1, -0.05) is 47.5 Å². The summed E-state index contributed by atoms with van der Waals surface area (Å²) >= 11 is 12.0. The van der Waals surface area contributed by atoms with Gasteiger partial charge in [0.2, 0.25) is 0 Å². The van der Waals surface area contributed by atoms with E-state index in [0.29, 0.717) is 16.0 Å². The topological polar surface area (TPSA) is 41.6 Å². The minimum absolute atomic E-state index is 0.190.